The van der Waals surface area contributed by atoms with Crippen molar-refractivity contribution in [2.45, 2.75) is 30.2 Å². The van der Waals surface area contributed by atoms with Crippen LogP contribution in [0.1, 0.15) is 19.3 Å². The largest absolute Gasteiger partial charge is 0.338 e. The van der Waals surface area contributed by atoms with Crippen LogP contribution < -0.4 is 10.5 Å². The molecule has 10 heteroatoms. The molecule has 1 aliphatic heterocycles. The first-order valence-electron chi connectivity index (χ1n) is 7.30. The summed E-state index contributed by atoms with van der Waals surface area (Å²) in [5.74, 6) is -0.106. The Labute approximate surface area is 158 Å². The summed E-state index contributed by atoms with van der Waals surface area (Å²) in [5.41, 5.74) is 5.63. The highest BCUT2D eigenvalue weighted by Crippen LogP contribution is 2.28. The van der Waals surface area contributed by atoms with Gasteiger partial charge in [0.15, 0.2) is 0 Å². The van der Waals surface area contributed by atoms with Crippen LogP contribution in [0.5, 0.6) is 0 Å². The number of rotatable bonds is 6. The van der Waals surface area contributed by atoms with E-state index in [0.29, 0.717) is 13.1 Å². The van der Waals surface area contributed by atoms with Gasteiger partial charge in [0.2, 0.25) is 15.9 Å². The van der Waals surface area contributed by atoms with E-state index in [9.17, 15) is 13.2 Å². The molecule has 1 aromatic rings. The monoisotopic (exact) mass is 415 g/mol. The summed E-state index contributed by atoms with van der Waals surface area (Å²) >= 11 is 11.8. The normalized spacial score (nSPS) is 17.6. The van der Waals surface area contributed by atoms with Gasteiger partial charge in [0.1, 0.15) is 4.90 Å². The number of likely N-dealkylation sites (tertiary alicyclic amines) is 1. The van der Waals surface area contributed by atoms with Crippen LogP contribution in [0.4, 0.5) is 0 Å². The van der Waals surface area contributed by atoms with Gasteiger partial charge in [-0.3, -0.25) is 4.79 Å². The molecule has 0 spiro atoms. The van der Waals surface area contributed by atoms with Crippen LogP contribution in [0, 0.1) is 0 Å². The minimum absolute atomic E-state index is 0. The molecule has 1 saturated heterocycles. The van der Waals surface area contributed by atoms with E-state index in [-0.39, 0.29) is 52.3 Å². The summed E-state index contributed by atoms with van der Waals surface area (Å²) in [5, 5.41) is 0.0816. The van der Waals surface area contributed by atoms with E-state index in [1.54, 1.807) is 11.0 Å². The molecule has 0 aliphatic carbocycles. The molecule has 24 heavy (non-hydrogen) atoms. The van der Waals surface area contributed by atoms with E-state index in [0.717, 1.165) is 12.8 Å². The quantitative estimate of drug-likeness (QED) is 0.742. The second-order valence-electron chi connectivity index (χ2n) is 5.32. The number of amides is 1. The molecule has 1 heterocycles. The van der Waals surface area contributed by atoms with Crippen LogP contribution in [0.2, 0.25) is 10.0 Å². The zero-order valence-corrected chi connectivity index (χ0v) is 16.0. The fourth-order valence-corrected chi connectivity index (χ4v) is 4.83. The van der Waals surface area contributed by atoms with E-state index in [4.69, 9.17) is 28.9 Å². The van der Waals surface area contributed by atoms with Crippen molar-refractivity contribution in [3.05, 3.63) is 28.2 Å². The van der Waals surface area contributed by atoms with Gasteiger partial charge >= 0.3 is 0 Å². The number of nitrogens with two attached hydrogens (primary N) is 1. The van der Waals surface area contributed by atoms with E-state index in [1.807, 2.05) is 0 Å². The molecule has 1 unspecified atom stereocenters. The molecular weight excluding hydrogens is 397 g/mol. The molecule has 3 N–H and O–H groups in total. The molecular formula is C14H20Cl3N3O3S. The molecule has 0 saturated carbocycles. The molecule has 0 aromatic heterocycles. The zero-order chi connectivity index (χ0) is 17.0. The Morgan fingerprint density at radius 2 is 1.96 bits per heavy atom. The van der Waals surface area contributed by atoms with Gasteiger partial charge in [-0.25, -0.2) is 13.1 Å². The number of carbonyl (C=O) groups is 1. The van der Waals surface area contributed by atoms with Crippen molar-refractivity contribution >= 4 is 51.5 Å². The second kappa shape index (κ2) is 9.22. The average molecular weight is 417 g/mol. The maximum Gasteiger partial charge on any atom is 0.243 e. The Bertz CT molecular complexity index is 665. The van der Waals surface area contributed by atoms with Crippen LogP contribution >= 0.6 is 35.6 Å². The van der Waals surface area contributed by atoms with Gasteiger partial charge in [0.05, 0.1) is 10.0 Å². The SMILES string of the molecule is Cl.NCC1CCCN1C(=O)CCNS(=O)(=O)c1c(Cl)cccc1Cl. The van der Waals surface area contributed by atoms with Gasteiger partial charge in [0, 0.05) is 32.1 Å². The van der Waals surface area contributed by atoms with E-state index in [2.05, 4.69) is 4.72 Å². The highest BCUT2D eigenvalue weighted by molar-refractivity contribution is 7.89. The molecule has 1 fully saturated rings. The number of carbonyl (C=O) groups excluding carboxylic acids is 1. The lowest BCUT2D eigenvalue weighted by Gasteiger charge is -2.23. The smallest absolute Gasteiger partial charge is 0.243 e. The summed E-state index contributed by atoms with van der Waals surface area (Å²) in [6.07, 6.45) is 1.88. The van der Waals surface area contributed by atoms with Crippen LogP contribution in [0.15, 0.2) is 23.1 Å². The Morgan fingerprint density at radius 1 is 1.33 bits per heavy atom. The highest BCUT2D eigenvalue weighted by Gasteiger charge is 2.27. The Hall–Kier alpha value is -0.570. The molecule has 1 atom stereocenters. The molecule has 1 amide bonds. The molecule has 1 aromatic carbocycles. The van der Waals surface area contributed by atoms with Crippen molar-refractivity contribution < 1.29 is 13.2 Å². The lowest BCUT2D eigenvalue weighted by Crippen LogP contribution is -2.41. The summed E-state index contributed by atoms with van der Waals surface area (Å²) in [7, 11) is -3.87. The summed E-state index contributed by atoms with van der Waals surface area (Å²) in [6, 6.07) is 4.51. The van der Waals surface area contributed by atoms with Crippen LogP contribution in [0.25, 0.3) is 0 Å². The zero-order valence-electron chi connectivity index (χ0n) is 12.9. The number of halogens is 3. The van der Waals surface area contributed by atoms with Gasteiger partial charge in [-0.2, -0.15) is 0 Å². The highest BCUT2D eigenvalue weighted by atomic mass is 35.5. The van der Waals surface area contributed by atoms with E-state index in [1.165, 1.54) is 12.1 Å². The van der Waals surface area contributed by atoms with Gasteiger partial charge < -0.3 is 10.6 Å². The standard InChI is InChI=1S/C14H19Cl2N3O3S.ClH/c15-11-4-1-5-12(16)14(11)23(21,22)18-7-6-13(20)19-8-2-3-10(19)9-17;/h1,4-5,10,18H,2-3,6-9,17H2;1H. The lowest BCUT2D eigenvalue weighted by atomic mass is 10.2. The van der Waals surface area contributed by atoms with E-state index < -0.39 is 10.0 Å². The van der Waals surface area contributed by atoms with Gasteiger partial charge in [-0.1, -0.05) is 29.3 Å². The topological polar surface area (TPSA) is 92.5 Å². The molecule has 1 aliphatic rings. The maximum absolute atomic E-state index is 12.3. The fourth-order valence-electron chi connectivity index (χ4n) is 2.66. The van der Waals surface area contributed by atoms with Crippen molar-refractivity contribution in [3.8, 4) is 0 Å². The third kappa shape index (κ3) is 4.97. The van der Waals surface area contributed by atoms with Crippen molar-refractivity contribution in [2.75, 3.05) is 19.6 Å². The Morgan fingerprint density at radius 3 is 2.54 bits per heavy atom. The van der Waals surface area contributed by atoms with E-state index >= 15 is 0 Å². The summed E-state index contributed by atoms with van der Waals surface area (Å²) < 4.78 is 26.9. The Kier molecular flexibility index (Phi) is 8.25. The first-order valence-corrected chi connectivity index (χ1v) is 9.54. The average Bonchev–Trinajstić information content (AvgIpc) is 2.95. The summed E-state index contributed by atoms with van der Waals surface area (Å²) in [6.45, 7) is 1.08. The first kappa shape index (κ1) is 21.5. The second-order valence-corrected chi connectivity index (χ2v) is 7.84. The molecule has 6 nitrogen and oxygen atoms in total. The third-order valence-electron chi connectivity index (χ3n) is 3.79. The molecule has 136 valence electrons. The van der Waals surface area contributed by atoms with Crippen LogP contribution in [0.3, 0.4) is 0 Å². The molecule has 0 radical (unpaired) electrons. The van der Waals surface area contributed by atoms with Crippen molar-refractivity contribution in [2.24, 2.45) is 5.73 Å². The van der Waals surface area contributed by atoms with Gasteiger partial charge in [0.25, 0.3) is 0 Å². The van der Waals surface area contributed by atoms with Crippen LogP contribution in [-0.4, -0.2) is 44.9 Å². The van der Waals surface area contributed by atoms with Crippen molar-refractivity contribution in [3.63, 3.8) is 0 Å². The van der Waals surface area contributed by atoms with Crippen molar-refractivity contribution in [1.29, 1.82) is 0 Å². The predicted octanol–water partition coefficient (Wildman–Crippen LogP) is 2.03. The molecule has 0 bridgehead atoms. The van der Waals surface area contributed by atoms with Crippen LogP contribution in [-0.2, 0) is 14.8 Å². The Balaban J connectivity index is 0.00000288. The number of nitrogens with one attached hydrogen (secondary N) is 1. The third-order valence-corrected chi connectivity index (χ3v) is 6.20. The molecule has 2 rings (SSSR count). The number of hydrogen-bond acceptors (Lipinski definition) is 4. The number of hydrogen-bond donors (Lipinski definition) is 2. The minimum atomic E-state index is -3.87. The lowest BCUT2D eigenvalue weighted by molar-refractivity contribution is -0.131. The number of sulfonamides is 1. The first-order chi connectivity index (χ1) is 10.9. The van der Waals surface area contributed by atoms with Gasteiger partial charge in [-0.05, 0) is 25.0 Å². The number of benzene rings is 1. The number of nitrogens with zero attached hydrogens (tertiary/aromatic N) is 1. The maximum atomic E-state index is 12.3. The van der Waals surface area contributed by atoms with Crippen molar-refractivity contribution in [1.82, 2.24) is 9.62 Å². The predicted molar refractivity (Wildman–Crippen MR) is 97.3 cm³/mol. The van der Waals surface area contributed by atoms with Gasteiger partial charge in [-0.15, -0.1) is 12.4 Å². The fraction of sp³-hybridized carbons (Fsp3) is 0.500. The summed E-state index contributed by atoms with van der Waals surface area (Å²) in [4.78, 5) is 13.7. The minimum Gasteiger partial charge on any atom is -0.338 e.